The molecule has 0 heterocycles. The Bertz CT molecular complexity index is 469. The van der Waals surface area contributed by atoms with Crippen LogP contribution in [0, 0.1) is 11.6 Å². The Balaban J connectivity index is 1.75. The number of halogens is 2. The van der Waals surface area contributed by atoms with Crippen molar-refractivity contribution in [3.8, 4) is 5.75 Å². The minimum atomic E-state index is -0.857. The molecule has 1 aromatic rings. The third kappa shape index (κ3) is 6.76. The summed E-state index contributed by atoms with van der Waals surface area (Å²) in [7, 11) is 2.15. The lowest BCUT2D eigenvalue weighted by Crippen LogP contribution is -2.35. The van der Waals surface area contributed by atoms with E-state index in [0.717, 1.165) is 18.7 Å². The van der Waals surface area contributed by atoms with Crippen molar-refractivity contribution in [1.29, 1.82) is 0 Å². The fraction of sp³-hybridized carbons (Fsp3) is 0.700. The Morgan fingerprint density at radius 1 is 0.917 bits per heavy atom. The van der Waals surface area contributed by atoms with Crippen molar-refractivity contribution in [2.45, 2.75) is 70.3 Å². The molecule has 0 aromatic heterocycles. The van der Waals surface area contributed by atoms with E-state index < -0.39 is 11.6 Å². The van der Waals surface area contributed by atoms with Gasteiger partial charge in [0, 0.05) is 18.7 Å². The van der Waals surface area contributed by atoms with E-state index in [1.807, 2.05) is 0 Å². The summed E-state index contributed by atoms with van der Waals surface area (Å²) in [5.41, 5.74) is 0. The van der Waals surface area contributed by atoms with Gasteiger partial charge in [-0.3, -0.25) is 0 Å². The molecule has 0 spiro atoms. The van der Waals surface area contributed by atoms with E-state index in [0.29, 0.717) is 18.4 Å². The minimum absolute atomic E-state index is 0.393. The van der Waals surface area contributed by atoms with Crippen LogP contribution in [-0.4, -0.2) is 31.1 Å². The SMILES string of the molecule is CN(CCOc1ccc(F)c(F)c1)C1CCCCCCCCCC1. The van der Waals surface area contributed by atoms with E-state index in [-0.39, 0.29) is 0 Å². The van der Waals surface area contributed by atoms with Gasteiger partial charge < -0.3 is 9.64 Å². The van der Waals surface area contributed by atoms with Crippen LogP contribution in [0.15, 0.2) is 18.2 Å². The van der Waals surface area contributed by atoms with Gasteiger partial charge in [0.05, 0.1) is 0 Å². The molecule has 0 saturated heterocycles. The van der Waals surface area contributed by atoms with Gasteiger partial charge in [0.15, 0.2) is 11.6 Å². The average molecular weight is 339 g/mol. The van der Waals surface area contributed by atoms with E-state index in [9.17, 15) is 8.78 Å². The fourth-order valence-electron chi connectivity index (χ4n) is 3.46. The maximum Gasteiger partial charge on any atom is 0.162 e. The van der Waals surface area contributed by atoms with E-state index in [2.05, 4.69) is 11.9 Å². The standard InChI is InChI=1S/C20H31F2NO/c1-23(14-15-24-18-12-13-19(21)20(22)16-18)17-10-8-6-4-2-3-5-7-9-11-17/h12-13,16-17H,2-11,14-15H2,1H3. The van der Waals surface area contributed by atoms with Crippen molar-refractivity contribution in [3.05, 3.63) is 29.8 Å². The first-order valence-electron chi connectivity index (χ1n) is 9.45. The van der Waals surface area contributed by atoms with Crippen LogP contribution in [0.2, 0.25) is 0 Å². The van der Waals surface area contributed by atoms with Gasteiger partial charge >= 0.3 is 0 Å². The quantitative estimate of drug-likeness (QED) is 0.696. The molecular weight excluding hydrogens is 308 g/mol. The van der Waals surface area contributed by atoms with Crippen LogP contribution in [0.1, 0.15) is 64.2 Å². The molecule has 0 amide bonds. The topological polar surface area (TPSA) is 12.5 Å². The maximum atomic E-state index is 13.2. The second-order valence-corrected chi connectivity index (χ2v) is 6.96. The summed E-state index contributed by atoms with van der Waals surface area (Å²) in [5, 5.41) is 0. The van der Waals surface area contributed by atoms with Crippen LogP contribution < -0.4 is 4.74 Å². The molecule has 2 nitrogen and oxygen atoms in total. The highest BCUT2D eigenvalue weighted by Gasteiger charge is 2.15. The molecule has 4 heteroatoms. The summed E-state index contributed by atoms with van der Waals surface area (Å²) in [6, 6.07) is 4.31. The number of hydrogen-bond donors (Lipinski definition) is 0. The Morgan fingerprint density at radius 2 is 1.50 bits per heavy atom. The zero-order valence-electron chi connectivity index (χ0n) is 14.9. The van der Waals surface area contributed by atoms with Crippen LogP contribution >= 0.6 is 0 Å². The molecule has 1 fully saturated rings. The van der Waals surface area contributed by atoms with Crippen LogP contribution in [0.4, 0.5) is 8.78 Å². The van der Waals surface area contributed by atoms with Gasteiger partial charge in [-0.25, -0.2) is 8.78 Å². The van der Waals surface area contributed by atoms with Crippen molar-refractivity contribution >= 4 is 0 Å². The van der Waals surface area contributed by atoms with Crippen molar-refractivity contribution < 1.29 is 13.5 Å². The number of ether oxygens (including phenoxy) is 1. The van der Waals surface area contributed by atoms with Crippen molar-refractivity contribution in [2.24, 2.45) is 0 Å². The van der Waals surface area contributed by atoms with Gasteiger partial charge in [-0.2, -0.15) is 0 Å². The molecule has 0 bridgehead atoms. The fourth-order valence-corrected chi connectivity index (χ4v) is 3.46. The zero-order chi connectivity index (χ0) is 17.2. The average Bonchev–Trinajstić information content (AvgIpc) is 2.63. The third-order valence-electron chi connectivity index (χ3n) is 5.05. The normalized spacial score (nSPS) is 18.3. The molecule has 0 aliphatic heterocycles. The molecule has 0 radical (unpaired) electrons. The van der Waals surface area contributed by atoms with Crippen LogP contribution in [-0.2, 0) is 0 Å². The smallest absolute Gasteiger partial charge is 0.162 e. The summed E-state index contributed by atoms with van der Waals surface area (Å²) < 4.78 is 31.7. The number of benzene rings is 1. The second-order valence-electron chi connectivity index (χ2n) is 6.96. The van der Waals surface area contributed by atoms with E-state index in [1.165, 1.54) is 70.3 Å². The highest BCUT2D eigenvalue weighted by atomic mass is 19.2. The van der Waals surface area contributed by atoms with Gasteiger partial charge in [0.25, 0.3) is 0 Å². The van der Waals surface area contributed by atoms with Crippen molar-refractivity contribution in [3.63, 3.8) is 0 Å². The van der Waals surface area contributed by atoms with Gasteiger partial charge in [-0.1, -0.05) is 51.4 Å². The molecule has 1 saturated carbocycles. The lowest BCUT2D eigenvalue weighted by atomic mass is 10.0. The van der Waals surface area contributed by atoms with Gasteiger partial charge in [-0.05, 0) is 32.0 Å². The van der Waals surface area contributed by atoms with E-state index in [4.69, 9.17) is 4.74 Å². The molecule has 2 rings (SSSR count). The molecule has 136 valence electrons. The first kappa shape index (κ1) is 19.2. The third-order valence-corrected chi connectivity index (χ3v) is 5.05. The Kier molecular flexibility index (Phi) is 8.51. The van der Waals surface area contributed by atoms with Crippen LogP contribution in [0.25, 0.3) is 0 Å². The van der Waals surface area contributed by atoms with Gasteiger partial charge in [0.1, 0.15) is 12.4 Å². The lowest BCUT2D eigenvalue weighted by Gasteiger charge is -2.28. The first-order valence-corrected chi connectivity index (χ1v) is 9.45. The molecule has 1 aliphatic carbocycles. The summed E-state index contributed by atoms with van der Waals surface area (Å²) in [5.74, 6) is -1.30. The molecule has 0 N–H and O–H groups in total. The minimum Gasteiger partial charge on any atom is -0.492 e. The lowest BCUT2D eigenvalue weighted by molar-refractivity contribution is 0.172. The molecular formula is C20H31F2NO. The van der Waals surface area contributed by atoms with Crippen molar-refractivity contribution in [1.82, 2.24) is 4.90 Å². The Morgan fingerprint density at radius 3 is 2.08 bits per heavy atom. The number of rotatable bonds is 5. The number of hydrogen-bond acceptors (Lipinski definition) is 2. The molecule has 1 aliphatic rings. The van der Waals surface area contributed by atoms with E-state index >= 15 is 0 Å². The number of likely N-dealkylation sites (N-methyl/N-ethyl adjacent to an activating group) is 1. The highest BCUT2D eigenvalue weighted by Crippen LogP contribution is 2.20. The Labute approximate surface area is 145 Å². The van der Waals surface area contributed by atoms with Crippen molar-refractivity contribution in [2.75, 3.05) is 20.2 Å². The molecule has 1 aromatic carbocycles. The summed E-state index contributed by atoms with van der Waals surface area (Å²) in [4.78, 5) is 2.37. The van der Waals surface area contributed by atoms with Gasteiger partial charge in [0.2, 0.25) is 0 Å². The maximum absolute atomic E-state index is 13.2. The first-order chi connectivity index (χ1) is 11.7. The summed E-state index contributed by atoms with van der Waals surface area (Å²) in [6.45, 7) is 1.31. The highest BCUT2D eigenvalue weighted by molar-refractivity contribution is 5.23. The molecule has 0 unspecified atom stereocenters. The predicted molar refractivity (Wildman–Crippen MR) is 94.4 cm³/mol. The van der Waals surface area contributed by atoms with Crippen LogP contribution in [0.3, 0.4) is 0 Å². The monoisotopic (exact) mass is 339 g/mol. The summed E-state index contributed by atoms with van der Waals surface area (Å²) >= 11 is 0. The Hall–Kier alpha value is -1.16. The second kappa shape index (κ2) is 10.7. The van der Waals surface area contributed by atoms with Gasteiger partial charge in [-0.15, -0.1) is 0 Å². The summed E-state index contributed by atoms with van der Waals surface area (Å²) in [6.07, 6.45) is 13.3. The molecule has 0 atom stereocenters. The largest absolute Gasteiger partial charge is 0.492 e. The van der Waals surface area contributed by atoms with Crippen LogP contribution in [0.5, 0.6) is 5.75 Å². The number of nitrogens with zero attached hydrogens (tertiary/aromatic N) is 1. The molecule has 24 heavy (non-hydrogen) atoms. The predicted octanol–water partition coefficient (Wildman–Crippen LogP) is 5.56. The van der Waals surface area contributed by atoms with E-state index in [1.54, 1.807) is 0 Å². The zero-order valence-corrected chi connectivity index (χ0v) is 14.9.